The predicted molar refractivity (Wildman–Crippen MR) is 138 cm³/mol. The lowest BCUT2D eigenvalue weighted by Crippen LogP contribution is -2.52. The van der Waals surface area contributed by atoms with Crippen LogP contribution in [0, 0.1) is 0 Å². The van der Waals surface area contributed by atoms with Crippen LogP contribution >= 0.6 is 11.6 Å². The Bertz CT molecular complexity index is 1510. The van der Waals surface area contributed by atoms with E-state index in [4.69, 9.17) is 33.0 Å². The first-order valence-corrected chi connectivity index (χ1v) is 12.6. The second-order valence-electron chi connectivity index (χ2n) is 8.18. The van der Waals surface area contributed by atoms with E-state index in [2.05, 4.69) is 20.8 Å². The number of nitrogens with one attached hydrogen (secondary N) is 2. The van der Waals surface area contributed by atoms with Gasteiger partial charge in [0.1, 0.15) is 5.82 Å². The van der Waals surface area contributed by atoms with Crippen LogP contribution in [0.15, 0.2) is 70.8 Å². The maximum absolute atomic E-state index is 13.3. The Morgan fingerprint density at radius 1 is 1.11 bits per heavy atom. The van der Waals surface area contributed by atoms with Crippen LogP contribution in [0.4, 0.5) is 16.3 Å². The van der Waals surface area contributed by atoms with E-state index in [-0.39, 0.29) is 23.7 Å². The van der Waals surface area contributed by atoms with Gasteiger partial charge in [0.05, 0.1) is 27.9 Å². The van der Waals surface area contributed by atoms with Crippen molar-refractivity contribution in [1.82, 2.24) is 10.3 Å². The molecular weight excluding hydrogens is 522 g/mol. The Labute approximate surface area is 216 Å². The number of aromatic nitrogens is 1. The molecule has 0 saturated heterocycles. The number of hydrogen-bond donors (Lipinski definition) is 5. The minimum atomic E-state index is -3.96. The van der Waals surface area contributed by atoms with Crippen LogP contribution in [0.3, 0.4) is 0 Å². The summed E-state index contributed by atoms with van der Waals surface area (Å²) in [4.78, 5) is 34.4. The monoisotopic (exact) mass is 543 g/mol. The third-order valence-electron chi connectivity index (χ3n) is 5.58. The number of carbonyl (C=O) groups is 2. The number of nitrogens with two attached hydrogens (primary N) is 3. The molecule has 1 aromatic heterocycles. The summed E-state index contributed by atoms with van der Waals surface area (Å²) in [5, 5.41) is 14.7. The quantitative estimate of drug-likeness (QED) is 0.279. The second kappa shape index (κ2) is 10.0. The molecule has 0 unspecified atom stereocenters. The first kappa shape index (κ1) is 25.9. The maximum Gasteiger partial charge on any atom is 0.312 e. The van der Waals surface area contributed by atoms with Gasteiger partial charge in [0.15, 0.2) is 0 Å². The Hall–Kier alpha value is -4.20. The standard InChI is InChI=1S/C23H22ClN7O5S/c24-16-7-5-13(9-17(16)25)18-10-23(36-31-18,12-29-22(26)33)21(32)30-20-8-6-14(11-28-20)15-3-1-2-4-19(15)37(27,34)35/h1-9,11H,10,12,25H2,(H3,26,29,33)(H2,27,34,35)(H,28,30,32)/t23-/m1/s1. The van der Waals surface area contributed by atoms with Crippen molar-refractivity contribution in [2.75, 3.05) is 17.6 Å². The van der Waals surface area contributed by atoms with Gasteiger partial charge in [0.25, 0.3) is 5.91 Å². The van der Waals surface area contributed by atoms with Crippen LogP contribution < -0.4 is 27.2 Å². The number of nitrogens with zero attached hydrogens (tertiary/aromatic N) is 2. The molecule has 0 saturated carbocycles. The van der Waals surface area contributed by atoms with E-state index in [1.807, 2.05) is 0 Å². The Balaban J connectivity index is 1.56. The van der Waals surface area contributed by atoms with Crippen molar-refractivity contribution >= 4 is 50.8 Å². The normalized spacial score (nSPS) is 17.0. The first-order valence-electron chi connectivity index (χ1n) is 10.7. The lowest BCUT2D eigenvalue weighted by atomic mass is 9.92. The van der Waals surface area contributed by atoms with Crippen LogP contribution in [0.5, 0.6) is 0 Å². The molecule has 3 aromatic rings. The van der Waals surface area contributed by atoms with Crippen molar-refractivity contribution in [1.29, 1.82) is 0 Å². The zero-order valence-corrected chi connectivity index (χ0v) is 20.7. The number of rotatable bonds is 7. The largest absolute Gasteiger partial charge is 0.398 e. The average Bonchev–Trinajstić information content (AvgIpc) is 3.30. The topological polar surface area (TPSA) is 205 Å². The highest BCUT2D eigenvalue weighted by Gasteiger charge is 2.47. The molecule has 0 radical (unpaired) electrons. The molecule has 12 nitrogen and oxygen atoms in total. The van der Waals surface area contributed by atoms with Gasteiger partial charge in [0.2, 0.25) is 15.6 Å². The predicted octanol–water partition coefficient (Wildman–Crippen LogP) is 1.80. The van der Waals surface area contributed by atoms with Gasteiger partial charge in [-0.2, -0.15) is 0 Å². The number of pyridine rings is 1. The molecular formula is C23H22ClN7O5S. The summed E-state index contributed by atoms with van der Waals surface area (Å²) in [6, 6.07) is 13.3. The van der Waals surface area contributed by atoms with E-state index < -0.39 is 27.6 Å². The van der Waals surface area contributed by atoms with Crippen LogP contribution in [0.25, 0.3) is 11.1 Å². The molecule has 0 bridgehead atoms. The number of hydrogen-bond acceptors (Lipinski definition) is 8. The summed E-state index contributed by atoms with van der Waals surface area (Å²) >= 11 is 5.99. The summed E-state index contributed by atoms with van der Waals surface area (Å²) in [6.45, 7) is -0.274. The van der Waals surface area contributed by atoms with E-state index >= 15 is 0 Å². The highest BCUT2D eigenvalue weighted by Crippen LogP contribution is 2.31. The number of carbonyl (C=O) groups excluding carboxylic acids is 2. The van der Waals surface area contributed by atoms with Gasteiger partial charge in [-0.1, -0.05) is 41.0 Å². The van der Waals surface area contributed by atoms with Gasteiger partial charge in [-0.3, -0.25) is 4.79 Å². The number of anilines is 2. The van der Waals surface area contributed by atoms with Crippen molar-refractivity contribution in [3.8, 4) is 11.1 Å². The fourth-order valence-corrected chi connectivity index (χ4v) is 4.57. The van der Waals surface area contributed by atoms with Gasteiger partial charge < -0.3 is 26.9 Å². The molecule has 3 amide bonds. The van der Waals surface area contributed by atoms with E-state index in [1.54, 1.807) is 42.5 Å². The van der Waals surface area contributed by atoms with Crippen molar-refractivity contribution in [2.24, 2.45) is 16.0 Å². The number of amides is 3. The molecule has 192 valence electrons. The molecule has 1 aliphatic rings. The lowest BCUT2D eigenvalue weighted by Gasteiger charge is -2.25. The highest BCUT2D eigenvalue weighted by molar-refractivity contribution is 7.89. The third-order valence-corrected chi connectivity index (χ3v) is 6.90. The number of sulfonamides is 1. The van der Waals surface area contributed by atoms with Crippen LogP contribution in [0.1, 0.15) is 12.0 Å². The fourth-order valence-electron chi connectivity index (χ4n) is 3.69. The molecule has 0 fully saturated rings. The highest BCUT2D eigenvalue weighted by atomic mass is 35.5. The Morgan fingerprint density at radius 2 is 1.84 bits per heavy atom. The number of primary amides is 1. The number of benzene rings is 2. The molecule has 2 heterocycles. The van der Waals surface area contributed by atoms with Crippen LogP contribution in [-0.2, 0) is 19.7 Å². The van der Waals surface area contributed by atoms with Crippen molar-refractivity contribution < 1.29 is 22.8 Å². The summed E-state index contributed by atoms with van der Waals surface area (Å²) in [5.41, 5.74) is 11.6. The van der Waals surface area contributed by atoms with Gasteiger partial charge in [-0.15, -0.1) is 0 Å². The Kier molecular flexibility index (Phi) is 7.03. The lowest BCUT2D eigenvalue weighted by molar-refractivity contribution is -0.137. The second-order valence-corrected chi connectivity index (χ2v) is 10.1. The van der Waals surface area contributed by atoms with Crippen LogP contribution in [0.2, 0.25) is 5.02 Å². The number of oxime groups is 1. The summed E-state index contributed by atoms with van der Waals surface area (Å²) < 4.78 is 23.8. The molecule has 0 aliphatic carbocycles. The third kappa shape index (κ3) is 5.63. The zero-order chi connectivity index (χ0) is 26.8. The zero-order valence-electron chi connectivity index (χ0n) is 19.1. The van der Waals surface area contributed by atoms with Crippen LogP contribution in [-0.4, -0.2) is 43.2 Å². The number of urea groups is 1. The van der Waals surface area contributed by atoms with Crippen molar-refractivity contribution in [3.63, 3.8) is 0 Å². The van der Waals surface area contributed by atoms with E-state index in [1.165, 1.54) is 18.3 Å². The van der Waals surface area contributed by atoms with Crippen molar-refractivity contribution in [3.05, 3.63) is 71.4 Å². The fraction of sp³-hybridized carbons (Fsp3) is 0.130. The molecule has 8 N–H and O–H groups in total. The molecule has 4 rings (SSSR count). The minimum Gasteiger partial charge on any atom is -0.398 e. The van der Waals surface area contributed by atoms with Crippen molar-refractivity contribution in [2.45, 2.75) is 16.9 Å². The maximum atomic E-state index is 13.3. The smallest absolute Gasteiger partial charge is 0.312 e. The molecule has 14 heteroatoms. The Morgan fingerprint density at radius 3 is 2.49 bits per heavy atom. The van der Waals surface area contributed by atoms with Gasteiger partial charge in [0, 0.05) is 29.3 Å². The molecule has 1 atom stereocenters. The SMILES string of the molecule is NC(=O)NC[C@@]1(C(=O)Nc2ccc(-c3ccccc3S(N)(=O)=O)cn2)CC(c2ccc(Cl)c(N)c2)=NO1. The summed E-state index contributed by atoms with van der Waals surface area (Å²) in [7, 11) is -3.96. The summed E-state index contributed by atoms with van der Waals surface area (Å²) in [5.74, 6) is -0.500. The van der Waals surface area contributed by atoms with Gasteiger partial charge in [-0.05, 0) is 30.3 Å². The average molecular weight is 544 g/mol. The summed E-state index contributed by atoms with van der Waals surface area (Å²) in [6.07, 6.45) is 1.38. The molecule has 2 aromatic carbocycles. The number of halogens is 1. The minimum absolute atomic E-state index is 0.0139. The number of nitrogen functional groups attached to an aromatic ring is 1. The molecule has 37 heavy (non-hydrogen) atoms. The first-order chi connectivity index (χ1) is 17.5. The van der Waals surface area contributed by atoms with Gasteiger partial charge in [-0.25, -0.2) is 23.3 Å². The van der Waals surface area contributed by atoms with E-state index in [0.29, 0.717) is 33.1 Å². The molecule has 1 aliphatic heterocycles. The van der Waals surface area contributed by atoms with Gasteiger partial charge >= 0.3 is 6.03 Å². The van der Waals surface area contributed by atoms with E-state index in [9.17, 15) is 18.0 Å². The van der Waals surface area contributed by atoms with E-state index in [0.717, 1.165) is 0 Å². The molecule has 0 spiro atoms. The number of primary sulfonamides is 1.